The van der Waals surface area contributed by atoms with Gasteiger partial charge in [-0.05, 0) is 30.9 Å². The Kier molecular flexibility index (Phi) is 2.23. The second-order valence-electron chi connectivity index (χ2n) is 3.81. The van der Waals surface area contributed by atoms with E-state index >= 15 is 0 Å². The zero-order chi connectivity index (χ0) is 10.3. The third kappa shape index (κ3) is 1.62. The fourth-order valence-corrected chi connectivity index (χ4v) is 2.02. The van der Waals surface area contributed by atoms with Gasteiger partial charge in [-0.25, -0.2) is 0 Å². The number of hydrogen-bond donors (Lipinski definition) is 1. The van der Waals surface area contributed by atoms with Crippen LogP contribution < -0.4 is 0 Å². The highest BCUT2D eigenvalue weighted by Crippen LogP contribution is 2.49. The van der Waals surface area contributed by atoms with Crippen molar-refractivity contribution in [1.29, 1.82) is 0 Å². The first-order chi connectivity index (χ1) is 6.59. The van der Waals surface area contributed by atoms with Gasteiger partial charge in [-0.3, -0.25) is 4.79 Å². The van der Waals surface area contributed by atoms with E-state index in [1.54, 1.807) is 0 Å². The molecule has 2 unspecified atom stereocenters. The first-order valence-electron chi connectivity index (χ1n) is 4.58. The Bertz CT molecular complexity index is 387. The van der Waals surface area contributed by atoms with Crippen LogP contribution in [0, 0.1) is 12.8 Å². The average Bonchev–Trinajstić information content (AvgIpc) is 2.88. The van der Waals surface area contributed by atoms with Crippen molar-refractivity contribution in [3.8, 4) is 0 Å². The Balaban J connectivity index is 2.26. The van der Waals surface area contributed by atoms with Crippen molar-refractivity contribution in [2.75, 3.05) is 0 Å². The zero-order valence-electron chi connectivity index (χ0n) is 7.83. The predicted octanol–water partition coefficient (Wildman–Crippen LogP) is 2.84. The second-order valence-corrected chi connectivity index (χ2v) is 4.22. The largest absolute Gasteiger partial charge is 0.481 e. The van der Waals surface area contributed by atoms with E-state index in [-0.39, 0.29) is 11.8 Å². The smallest absolute Gasteiger partial charge is 0.307 e. The molecule has 0 bridgehead atoms. The van der Waals surface area contributed by atoms with Crippen LogP contribution in [0.5, 0.6) is 0 Å². The minimum Gasteiger partial charge on any atom is -0.481 e. The lowest BCUT2D eigenvalue weighted by molar-refractivity contribution is -0.138. The number of rotatable bonds is 2. The Labute approximate surface area is 87.5 Å². The summed E-state index contributed by atoms with van der Waals surface area (Å²) >= 11 is 6.01. The summed E-state index contributed by atoms with van der Waals surface area (Å²) in [5.41, 5.74) is 2.11. The molecule has 0 heterocycles. The number of hydrogen-bond acceptors (Lipinski definition) is 1. The molecule has 2 atom stereocenters. The number of benzene rings is 1. The Morgan fingerprint density at radius 1 is 1.57 bits per heavy atom. The highest BCUT2D eigenvalue weighted by atomic mass is 35.5. The lowest BCUT2D eigenvalue weighted by atomic mass is 10.1. The predicted molar refractivity (Wildman–Crippen MR) is 54.7 cm³/mol. The molecule has 2 nitrogen and oxygen atoms in total. The number of aryl methyl sites for hydroxylation is 1. The van der Waals surface area contributed by atoms with Crippen molar-refractivity contribution in [3.05, 3.63) is 34.3 Å². The molecule has 0 aromatic heterocycles. The van der Waals surface area contributed by atoms with E-state index < -0.39 is 5.97 Å². The average molecular weight is 211 g/mol. The van der Waals surface area contributed by atoms with Gasteiger partial charge in [0.1, 0.15) is 0 Å². The van der Waals surface area contributed by atoms with E-state index in [1.807, 2.05) is 25.1 Å². The molecule has 0 spiro atoms. The van der Waals surface area contributed by atoms with Gasteiger partial charge in [0.2, 0.25) is 0 Å². The van der Waals surface area contributed by atoms with Crippen LogP contribution in [0.25, 0.3) is 0 Å². The number of carboxylic acid groups (broad SMARTS) is 1. The minimum absolute atomic E-state index is 0.125. The molecular formula is C11H11ClO2. The van der Waals surface area contributed by atoms with Crippen LogP contribution in [0.2, 0.25) is 5.02 Å². The molecule has 1 aromatic carbocycles. The van der Waals surface area contributed by atoms with Gasteiger partial charge < -0.3 is 5.11 Å². The molecule has 0 amide bonds. The number of carbonyl (C=O) groups is 1. The maximum absolute atomic E-state index is 10.7. The Morgan fingerprint density at radius 3 is 2.86 bits per heavy atom. The summed E-state index contributed by atoms with van der Waals surface area (Å²) in [5, 5.41) is 9.49. The third-order valence-corrected chi connectivity index (χ3v) is 3.00. The molecule has 1 saturated carbocycles. The number of aliphatic carboxylic acids is 1. The van der Waals surface area contributed by atoms with Crippen molar-refractivity contribution in [2.24, 2.45) is 5.92 Å². The summed E-state index contributed by atoms with van der Waals surface area (Å²) in [6.07, 6.45) is 0.721. The summed E-state index contributed by atoms with van der Waals surface area (Å²) in [6.45, 7) is 1.98. The van der Waals surface area contributed by atoms with Crippen molar-refractivity contribution in [2.45, 2.75) is 19.3 Å². The van der Waals surface area contributed by atoms with E-state index in [0.717, 1.165) is 17.5 Å². The molecular weight excluding hydrogens is 200 g/mol. The van der Waals surface area contributed by atoms with Crippen LogP contribution in [0.3, 0.4) is 0 Å². The van der Waals surface area contributed by atoms with Gasteiger partial charge in [0.15, 0.2) is 0 Å². The zero-order valence-corrected chi connectivity index (χ0v) is 8.58. The molecule has 1 aliphatic rings. The topological polar surface area (TPSA) is 37.3 Å². The quantitative estimate of drug-likeness (QED) is 0.815. The lowest BCUT2D eigenvalue weighted by Crippen LogP contribution is -1.99. The molecule has 0 aliphatic heterocycles. The maximum Gasteiger partial charge on any atom is 0.307 e. The van der Waals surface area contributed by atoms with Crippen molar-refractivity contribution in [3.63, 3.8) is 0 Å². The third-order valence-electron chi connectivity index (χ3n) is 2.66. The summed E-state index contributed by atoms with van der Waals surface area (Å²) in [6, 6.07) is 5.75. The molecule has 74 valence electrons. The van der Waals surface area contributed by atoms with Gasteiger partial charge in [-0.1, -0.05) is 29.3 Å². The molecule has 0 radical (unpaired) electrons. The molecule has 3 heteroatoms. The standard InChI is InChI=1S/C11H11ClO2/c1-6-2-3-10(12)8(4-6)7-5-9(7)11(13)14/h2-4,7,9H,5H2,1H3,(H,13,14). The number of carboxylic acids is 1. The fourth-order valence-electron chi connectivity index (χ4n) is 1.76. The van der Waals surface area contributed by atoms with E-state index in [2.05, 4.69) is 0 Å². The van der Waals surface area contributed by atoms with Crippen LogP contribution in [-0.2, 0) is 4.79 Å². The fraction of sp³-hybridized carbons (Fsp3) is 0.364. The van der Waals surface area contributed by atoms with Crippen LogP contribution >= 0.6 is 11.6 Å². The van der Waals surface area contributed by atoms with Gasteiger partial charge in [-0.2, -0.15) is 0 Å². The van der Waals surface area contributed by atoms with Crippen molar-refractivity contribution >= 4 is 17.6 Å². The van der Waals surface area contributed by atoms with Crippen LogP contribution in [0.1, 0.15) is 23.5 Å². The monoisotopic (exact) mass is 210 g/mol. The van der Waals surface area contributed by atoms with Crippen LogP contribution in [0.15, 0.2) is 18.2 Å². The Hall–Kier alpha value is -1.02. The lowest BCUT2D eigenvalue weighted by Gasteiger charge is -2.03. The molecule has 1 aromatic rings. The molecule has 2 rings (SSSR count). The van der Waals surface area contributed by atoms with E-state index in [9.17, 15) is 4.79 Å². The maximum atomic E-state index is 10.7. The summed E-state index contributed by atoms with van der Waals surface area (Å²) < 4.78 is 0. The van der Waals surface area contributed by atoms with Gasteiger partial charge >= 0.3 is 5.97 Å². The normalized spacial score (nSPS) is 24.7. The molecule has 1 N–H and O–H groups in total. The van der Waals surface area contributed by atoms with E-state index in [4.69, 9.17) is 16.7 Å². The molecule has 14 heavy (non-hydrogen) atoms. The molecule has 1 fully saturated rings. The second kappa shape index (κ2) is 3.28. The molecule has 0 saturated heterocycles. The van der Waals surface area contributed by atoms with E-state index in [0.29, 0.717) is 5.02 Å². The van der Waals surface area contributed by atoms with Crippen molar-refractivity contribution in [1.82, 2.24) is 0 Å². The molecule has 1 aliphatic carbocycles. The summed E-state index contributed by atoms with van der Waals surface area (Å²) in [4.78, 5) is 10.7. The van der Waals surface area contributed by atoms with Crippen molar-refractivity contribution < 1.29 is 9.90 Å². The van der Waals surface area contributed by atoms with Crippen LogP contribution in [-0.4, -0.2) is 11.1 Å². The first-order valence-corrected chi connectivity index (χ1v) is 4.96. The number of halogens is 1. The highest BCUT2D eigenvalue weighted by Gasteiger charge is 2.45. The summed E-state index contributed by atoms with van der Waals surface area (Å²) in [7, 11) is 0. The van der Waals surface area contributed by atoms with Gasteiger partial charge in [0.05, 0.1) is 5.92 Å². The van der Waals surface area contributed by atoms with Crippen LogP contribution in [0.4, 0.5) is 0 Å². The highest BCUT2D eigenvalue weighted by molar-refractivity contribution is 6.31. The Morgan fingerprint density at radius 2 is 2.29 bits per heavy atom. The SMILES string of the molecule is Cc1ccc(Cl)c(C2CC2C(=O)O)c1. The van der Waals surface area contributed by atoms with Gasteiger partial charge in [0, 0.05) is 5.02 Å². The van der Waals surface area contributed by atoms with Gasteiger partial charge in [0.25, 0.3) is 0 Å². The minimum atomic E-state index is -0.715. The first kappa shape index (κ1) is 9.53. The van der Waals surface area contributed by atoms with Gasteiger partial charge in [-0.15, -0.1) is 0 Å². The van der Waals surface area contributed by atoms with E-state index in [1.165, 1.54) is 0 Å². The summed E-state index contributed by atoms with van der Waals surface area (Å²) in [5.74, 6) is -0.818.